The Morgan fingerprint density at radius 2 is 1.89 bits per heavy atom. The maximum atomic E-state index is 13.8. The van der Waals surface area contributed by atoms with Gasteiger partial charge in [0.1, 0.15) is 11.5 Å². The number of anilines is 1. The molecule has 2 heterocycles. The first-order valence-corrected chi connectivity index (χ1v) is 8.58. The number of nitrogens with one attached hydrogen (secondary N) is 1. The molecule has 28 heavy (non-hydrogen) atoms. The van der Waals surface area contributed by atoms with Gasteiger partial charge in [-0.2, -0.15) is 5.10 Å². The van der Waals surface area contributed by atoms with Gasteiger partial charge in [0.25, 0.3) is 5.91 Å². The molecule has 0 spiro atoms. The number of benzene rings is 2. The Balaban J connectivity index is 1.48. The standard InChI is InChI=1S/C22H15FN4O/c1-15-2-10-20(23)19(14-15)22(28)25-17-6-3-16(4-7-17)5-8-18-9-11-21-24-12-13-27(21)26-18/h2-4,6-7,9-14H,1H3,(H,25,28). The van der Waals surface area contributed by atoms with Crippen LogP contribution in [-0.2, 0) is 0 Å². The van der Waals surface area contributed by atoms with Gasteiger partial charge >= 0.3 is 0 Å². The van der Waals surface area contributed by atoms with Crippen LogP contribution in [0.4, 0.5) is 10.1 Å². The minimum atomic E-state index is -0.548. The van der Waals surface area contributed by atoms with E-state index in [-0.39, 0.29) is 5.56 Å². The Kier molecular flexibility index (Phi) is 4.56. The topological polar surface area (TPSA) is 59.3 Å². The van der Waals surface area contributed by atoms with Crippen molar-refractivity contribution in [1.29, 1.82) is 0 Å². The first-order chi connectivity index (χ1) is 13.6. The lowest BCUT2D eigenvalue weighted by Crippen LogP contribution is -2.13. The SMILES string of the molecule is Cc1ccc(F)c(C(=O)Nc2ccc(C#Cc3ccc4nccn4n3)cc2)c1. The van der Waals surface area contributed by atoms with E-state index in [1.807, 2.05) is 13.0 Å². The average molecular weight is 370 g/mol. The Labute approximate surface area is 160 Å². The largest absolute Gasteiger partial charge is 0.322 e. The molecule has 4 rings (SSSR count). The Bertz CT molecular complexity index is 1230. The van der Waals surface area contributed by atoms with Gasteiger partial charge in [0.15, 0.2) is 5.65 Å². The van der Waals surface area contributed by atoms with Gasteiger partial charge in [0.05, 0.1) is 5.56 Å². The highest BCUT2D eigenvalue weighted by Gasteiger charge is 2.11. The smallest absolute Gasteiger partial charge is 0.258 e. The number of hydrogen-bond donors (Lipinski definition) is 1. The number of amides is 1. The fourth-order valence-electron chi connectivity index (χ4n) is 2.67. The van der Waals surface area contributed by atoms with Crippen LogP contribution in [0.15, 0.2) is 67.0 Å². The minimum Gasteiger partial charge on any atom is -0.322 e. The Morgan fingerprint density at radius 1 is 1.07 bits per heavy atom. The Hall–Kier alpha value is -3.98. The van der Waals surface area contributed by atoms with Crippen LogP contribution < -0.4 is 5.32 Å². The molecule has 136 valence electrons. The van der Waals surface area contributed by atoms with Crippen molar-refractivity contribution in [3.63, 3.8) is 0 Å². The summed E-state index contributed by atoms with van der Waals surface area (Å²) in [5, 5.41) is 7.04. The number of aromatic nitrogens is 3. The maximum absolute atomic E-state index is 13.8. The van der Waals surface area contributed by atoms with Crippen molar-refractivity contribution in [3.8, 4) is 11.8 Å². The molecule has 6 heteroatoms. The van der Waals surface area contributed by atoms with Crippen molar-refractivity contribution in [2.45, 2.75) is 6.92 Å². The van der Waals surface area contributed by atoms with Gasteiger partial charge in [-0.1, -0.05) is 17.6 Å². The van der Waals surface area contributed by atoms with Crippen LogP contribution >= 0.6 is 0 Å². The third-order valence-electron chi connectivity index (χ3n) is 4.10. The second kappa shape index (κ2) is 7.33. The van der Waals surface area contributed by atoms with Crippen LogP contribution in [0.25, 0.3) is 5.65 Å². The van der Waals surface area contributed by atoms with E-state index in [1.54, 1.807) is 53.3 Å². The second-order valence-corrected chi connectivity index (χ2v) is 6.21. The summed E-state index contributed by atoms with van der Waals surface area (Å²) in [7, 11) is 0. The van der Waals surface area contributed by atoms with E-state index < -0.39 is 11.7 Å². The first kappa shape index (κ1) is 17.4. The van der Waals surface area contributed by atoms with Gasteiger partial charge in [0.2, 0.25) is 0 Å². The molecule has 0 radical (unpaired) electrons. The maximum Gasteiger partial charge on any atom is 0.258 e. The molecule has 1 N–H and O–H groups in total. The number of halogens is 1. The third-order valence-corrected chi connectivity index (χ3v) is 4.10. The van der Waals surface area contributed by atoms with Crippen LogP contribution in [0.5, 0.6) is 0 Å². The predicted octanol–water partition coefficient (Wildman–Crippen LogP) is 3.83. The normalized spacial score (nSPS) is 10.4. The number of rotatable bonds is 2. The van der Waals surface area contributed by atoms with Crippen LogP contribution in [-0.4, -0.2) is 20.5 Å². The molecule has 0 saturated heterocycles. The van der Waals surface area contributed by atoms with Gasteiger partial charge in [-0.05, 0) is 61.4 Å². The summed E-state index contributed by atoms with van der Waals surface area (Å²) in [6.45, 7) is 1.81. The number of imidazole rings is 1. The number of hydrogen-bond acceptors (Lipinski definition) is 3. The molecule has 5 nitrogen and oxygen atoms in total. The van der Waals surface area contributed by atoms with E-state index in [0.29, 0.717) is 11.4 Å². The predicted molar refractivity (Wildman–Crippen MR) is 104 cm³/mol. The molecule has 0 aliphatic carbocycles. The summed E-state index contributed by atoms with van der Waals surface area (Å²) in [4.78, 5) is 16.4. The highest BCUT2D eigenvalue weighted by atomic mass is 19.1. The zero-order valence-electron chi connectivity index (χ0n) is 15.0. The van der Waals surface area contributed by atoms with E-state index in [4.69, 9.17) is 0 Å². The molecule has 0 bridgehead atoms. The molecule has 0 aliphatic rings. The summed E-state index contributed by atoms with van der Waals surface area (Å²) in [5.41, 5.74) is 3.56. The molecule has 0 unspecified atom stereocenters. The Morgan fingerprint density at radius 3 is 2.71 bits per heavy atom. The number of aryl methyl sites for hydroxylation is 1. The molecule has 0 fully saturated rings. The van der Waals surface area contributed by atoms with Gasteiger partial charge in [0, 0.05) is 23.6 Å². The quantitative estimate of drug-likeness (QED) is 0.546. The summed E-state index contributed by atoms with van der Waals surface area (Å²) in [6, 6.07) is 15.1. The number of carbonyl (C=O) groups excluding carboxylic acids is 1. The fourth-order valence-corrected chi connectivity index (χ4v) is 2.67. The lowest BCUT2D eigenvalue weighted by Gasteiger charge is -2.07. The number of carbonyl (C=O) groups is 1. The number of nitrogens with zero attached hydrogens (tertiary/aromatic N) is 3. The van der Waals surface area contributed by atoms with E-state index in [2.05, 4.69) is 27.2 Å². The molecule has 0 aliphatic heterocycles. The van der Waals surface area contributed by atoms with Crippen molar-refractivity contribution >= 4 is 17.2 Å². The van der Waals surface area contributed by atoms with Crippen LogP contribution in [0, 0.1) is 24.6 Å². The summed E-state index contributed by atoms with van der Waals surface area (Å²) >= 11 is 0. The molecule has 0 saturated carbocycles. The van der Waals surface area contributed by atoms with Crippen molar-refractivity contribution in [1.82, 2.24) is 14.6 Å². The van der Waals surface area contributed by atoms with E-state index in [0.717, 1.165) is 16.8 Å². The van der Waals surface area contributed by atoms with Crippen molar-refractivity contribution in [3.05, 3.63) is 95.2 Å². The molecular weight excluding hydrogens is 355 g/mol. The van der Waals surface area contributed by atoms with Gasteiger partial charge in [-0.3, -0.25) is 4.79 Å². The fraction of sp³-hybridized carbons (Fsp3) is 0.0455. The zero-order valence-corrected chi connectivity index (χ0v) is 15.0. The van der Waals surface area contributed by atoms with Crippen molar-refractivity contribution in [2.75, 3.05) is 5.32 Å². The highest BCUT2D eigenvalue weighted by molar-refractivity contribution is 6.04. The second-order valence-electron chi connectivity index (χ2n) is 6.21. The van der Waals surface area contributed by atoms with Crippen molar-refractivity contribution < 1.29 is 9.18 Å². The van der Waals surface area contributed by atoms with E-state index in [9.17, 15) is 9.18 Å². The molecule has 0 atom stereocenters. The minimum absolute atomic E-state index is 0.0184. The average Bonchev–Trinajstić information content (AvgIpc) is 3.17. The summed E-state index contributed by atoms with van der Waals surface area (Å²) < 4.78 is 15.5. The van der Waals surface area contributed by atoms with Gasteiger partial charge < -0.3 is 5.32 Å². The van der Waals surface area contributed by atoms with Crippen LogP contribution in [0.3, 0.4) is 0 Å². The third kappa shape index (κ3) is 3.74. The molecule has 2 aromatic carbocycles. The van der Waals surface area contributed by atoms with Gasteiger partial charge in [-0.15, -0.1) is 0 Å². The zero-order chi connectivity index (χ0) is 19.5. The summed E-state index contributed by atoms with van der Waals surface area (Å²) in [6.07, 6.45) is 3.43. The molecule has 4 aromatic rings. The van der Waals surface area contributed by atoms with Crippen LogP contribution in [0.1, 0.15) is 27.2 Å². The van der Waals surface area contributed by atoms with Crippen molar-refractivity contribution in [2.24, 2.45) is 0 Å². The van der Waals surface area contributed by atoms with E-state index in [1.165, 1.54) is 12.1 Å². The monoisotopic (exact) mass is 370 g/mol. The highest BCUT2D eigenvalue weighted by Crippen LogP contribution is 2.14. The van der Waals surface area contributed by atoms with E-state index >= 15 is 0 Å². The summed E-state index contributed by atoms with van der Waals surface area (Å²) in [5.74, 6) is 4.99. The molecule has 1 amide bonds. The van der Waals surface area contributed by atoms with Gasteiger partial charge in [-0.25, -0.2) is 13.9 Å². The lowest BCUT2D eigenvalue weighted by atomic mass is 10.1. The number of fused-ring (bicyclic) bond motifs is 1. The first-order valence-electron chi connectivity index (χ1n) is 8.58. The lowest BCUT2D eigenvalue weighted by molar-refractivity contribution is 0.102. The van der Waals surface area contributed by atoms with Crippen LogP contribution in [0.2, 0.25) is 0 Å². The molecule has 2 aromatic heterocycles. The molecular formula is C22H15FN4O.